The van der Waals surface area contributed by atoms with Crippen LogP contribution >= 0.6 is 0 Å². The molecule has 22 heavy (non-hydrogen) atoms. The van der Waals surface area contributed by atoms with Crippen LogP contribution in [0.1, 0.15) is 37.2 Å². The van der Waals surface area contributed by atoms with Gasteiger partial charge in [0.15, 0.2) is 0 Å². The smallest absolute Gasteiger partial charge is 0.214 e. The quantitative estimate of drug-likeness (QED) is 0.856. The Kier molecular flexibility index (Phi) is 5.16. The average molecular weight is 323 g/mol. The SMILES string of the molecule is O=S(=O)(CC1CCCOC1)N1CCC(c2ccccc2)CC1. The molecule has 0 spiro atoms. The van der Waals surface area contributed by atoms with Gasteiger partial charge in [0.05, 0.1) is 12.4 Å². The third-order valence-electron chi connectivity index (χ3n) is 4.82. The van der Waals surface area contributed by atoms with E-state index in [-0.39, 0.29) is 11.7 Å². The lowest BCUT2D eigenvalue weighted by Gasteiger charge is -2.33. The molecular weight excluding hydrogens is 298 g/mol. The van der Waals surface area contributed by atoms with Gasteiger partial charge in [0.2, 0.25) is 10.0 Å². The van der Waals surface area contributed by atoms with Crippen molar-refractivity contribution in [2.24, 2.45) is 5.92 Å². The van der Waals surface area contributed by atoms with Crippen LogP contribution in [0.2, 0.25) is 0 Å². The highest BCUT2D eigenvalue weighted by Gasteiger charge is 2.31. The lowest BCUT2D eigenvalue weighted by Crippen LogP contribution is -2.41. The van der Waals surface area contributed by atoms with E-state index >= 15 is 0 Å². The van der Waals surface area contributed by atoms with Crippen molar-refractivity contribution in [2.75, 3.05) is 32.1 Å². The number of hydrogen-bond donors (Lipinski definition) is 0. The fourth-order valence-corrected chi connectivity index (χ4v) is 5.37. The number of ether oxygens (including phenoxy) is 1. The van der Waals surface area contributed by atoms with E-state index in [1.54, 1.807) is 4.31 Å². The number of hydrogen-bond acceptors (Lipinski definition) is 3. The van der Waals surface area contributed by atoms with E-state index in [1.165, 1.54) is 5.56 Å². The van der Waals surface area contributed by atoms with Crippen molar-refractivity contribution < 1.29 is 13.2 Å². The van der Waals surface area contributed by atoms with Crippen LogP contribution < -0.4 is 0 Å². The molecular formula is C17H25NO3S. The second-order valence-corrected chi connectivity index (χ2v) is 8.46. The summed E-state index contributed by atoms with van der Waals surface area (Å²) in [6, 6.07) is 10.4. The number of nitrogens with zero attached hydrogens (tertiary/aromatic N) is 1. The van der Waals surface area contributed by atoms with Crippen LogP contribution in [-0.4, -0.2) is 44.8 Å². The molecule has 0 N–H and O–H groups in total. The Hall–Kier alpha value is -0.910. The highest BCUT2D eigenvalue weighted by molar-refractivity contribution is 7.89. The van der Waals surface area contributed by atoms with E-state index in [0.29, 0.717) is 25.6 Å². The summed E-state index contributed by atoms with van der Waals surface area (Å²) in [6.45, 7) is 2.67. The largest absolute Gasteiger partial charge is 0.381 e. The van der Waals surface area contributed by atoms with Crippen molar-refractivity contribution in [3.63, 3.8) is 0 Å². The van der Waals surface area contributed by atoms with Crippen molar-refractivity contribution in [3.05, 3.63) is 35.9 Å². The van der Waals surface area contributed by atoms with Crippen LogP contribution in [0.5, 0.6) is 0 Å². The molecule has 1 aromatic carbocycles. The first-order valence-corrected chi connectivity index (χ1v) is 9.86. The molecule has 2 fully saturated rings. The van der Waals surface area contributed by atoms with Crippen molar-refractivity contribution in [1.29, 1.82) is 0 Å². The van der Waals surface area contributed by atoms with Gasteiger partial charge in [-0.25, -0.2) is 12.7 Å². The molecule has 2 heterocycles. The first-order valence-electron chi connectivity index (χ1n) is 8.25. The maximum absolute atomic E-state index is 12.6. The maximum atomic E-state index is 12.6. The predicted molar refractivity (Wildman–Crippen MR) is 87.3 cm³/mol. The van der Waals surface area contributed by atoms with Gasteiger partial charge in [-0.3, -0.25) is 0 Å². The standard InChI is InChI=1S/C17H25NO3S/c19-22(20,14-15-5-4-12-21-13-15)18-10-8-17(9-11-18)16-6-2-1-3-7-16/h1-3,6-7,15,17H,4-5,8-14H2. The van der Waals surface area contributed by atoms with Crippen LogP contribution in [-0.2, 0) is 14.8 Å². The third kappa shape index (κ3) is 3.89. The molecule has 0 radical (unpaired) electrons. The van der Waals surface area contributed by atoms with E-state index < -0.39 is 10.0 Å². The van der Waals surface area contributed by atoms with Crippen molar-refractivity contribution in [3.8, 4) is 0 Å². The Morgan fingerprint density at radius 2 is 1.82 bits per heavy atom. The van der Waals surface area contributed by atoms with Crippen LogP contribution in [0.4, 0.5) is 0 Å². The van der Waals surface area contributed by atoms with Crippen molar-refractivity contribution >= 4 is 10.0 Å². The van der Waals surface area contributed by atoms with Gasteiger partial charge in [0.1, 0.15) is 0 Å². The summed E-state index contributed by atoms with van der Waals surface area (Å²) in [5, 5.41) is 0. The van der Waals surface area contributed by atoms with Crippen LogP contribution in [0.15, 0.2) is 30.3 Å². The van der Waals surface area contributed by atoms with E-state index in [9.17, 15) is 8.42 Å². The summed E-state index contributed by atoms with van der Waals surface area (Å²) >= 11 is 0. The minimum absolute atomic E-state index is 0.172. The Morgan fingerprint density at radius 1 is 1.09 bits per heavy atom. The fraction of sp³-hybridized carbons (Fsp3) is 0.647. The average Bonchev–Trinajstić information content (AvgIpc) is 2.56. The van der Waals surface area contributed by atoms with Gasteiger partial charge >= 0.3 is 0 Å². The summed E-state index contributed by atoms with van der Waals surface area (Å²) in [4.78, 5) is 0. The number of piperidine rings is 1. The third-order valence-corrected chi connectivity index (χ3v) is 6.86. The van der Waals surface area contributed by atoms with E-state index in [4.69, 9.17) is 4.74 Å². The molecule has 0 bridgehead atoms. The van der Waals surface area contributed by atoms with Gasteiger partial charge < -0.3 is 4.74 Å². The molecule has 2 saturated heterocycles. The normalized spacial score (nSPS) is 25.2. The molecule has 1 unspecified atom stereocenters. The van der Waals surface area contributed by atoms with Gasteiger partial charge in [-0.2, -0.15) is 0 Å². The van der Waals surface area contributed by atoms with E-state index in [0.717, 1.165) is 32.3 Å². The zero-order valence-electron chi connectivity index (χ0n) is 13.0. The molecule has 2 aliphatic rings. The molecule has 2 aliphatic heterocycles. The molecule has 122 valence electrons. The Balaban J connectivity index is 1.56. The van der Waals surface area contributed by atoms with E-state index in [2.05, 4.69) is 24.3 Å². The predicted octanol–water partition coefficient (Wildman–Crippen LogP) is 2.62. The van der Waals surface area contributed by atoms with Crippen LogP contribution in [0.3, 0.4) is 0 Å². The fourth-order valence-electron chi connectivity index (χ4n) is 3.53. The monoisotopic (exact) mass is 323 g/mol. The van der Waals surface area contributed by atoms with Gasteiger partial charge in [-0.05, 0) is 43.1 Å². The minimum Gasteiger partial charge on any atom is -0.381 e. The van der Waals surface area contributed by atoms with Crippen LogP contribution in [0.25, 0.3) is 0 Å². The molecule has 1 aromatic rings. The maximum Gasteiger partial charge on any atom is 0.214 e. The molecule has 0 amide bonds. The Morgan fingerprint density at radius 3 is 2.45 bits per heavy atom. The number of rotatable bonds is 4. The summed E-state index contributed by atoms with van der Waals surface area (Å²) in [7, 11) is -3.14. The zero-order chi connectivity index (χ0) is 15.4. The van der Waals surface area contributed by atoms with Crippen molar-refractivity contribution in [1.82, 2.24) is 4.31 Å². The molecule has 4 nitrogen and oxygen atoms in total. The summed E-state index contributed by atoms with van der Waals surface area (Å²) in [5.41, 5.74) is 1.33. The molecule has 3 rings (SSSR count). The number of sulfonamides is 1. The lowest BCUT2D eigenvalue weighted by atomic mass is 9.90. The molecule has 0 aromatic heterocycles. The molecule has 1 atom stereocenters. The Labute approximate surface area is 133 Å². The molecule has 0 aliphatic carbocycles. The van der Waals surface area contributed by atoms with E-state index in [1.807, 2.05) is 6.07 Å². The molecule has 0 saturated carbocycles. The van der Waals surface area contributed by atoms with Gasteiger partial charge in [-0.1, -0.05) is 30.3 Å². The topological polar surface area (TPSA) is 46.6 Å². The minimum atomic E-state index is -3.14. The van der Waals surface area contributed by atoms with Gasteiger partial charge in [0.25, 0.3) is 0 Å². The number of benzene rings is 1. The Bertz CT molecular complexity index is 559. The zero-order valence-corrected chi connectivity index (χ0v) is 13.8. The van der Waals surface area contributed by atoms with Gasteiger partial charge in [0, 0.05) is 19.7 Å². The first kappa shape index (κ1) is 16.0. The second kappa shape index (κ2) is 7.11. The van der Waals surface area contributed by atoms with Crippen LogP contribution in [0, 0.1) is 5.92 Å². The summed E-state index contributed by atoms with van der Waals surface area (Å²) in [6.07, 6.45) is 3.80. The lowest BCUT2D eigenvalue weighted by molar-refractivity contribution is 0.0621. The highest BCUT2D eigenvalue weighted by atomic mass is 32.2. The molecule has 5 heteroatoms. The summed E-state index contributed by atoms with van der Waals surface area (Å²) in [5.74, 6) is 0.916. The second-order valence-electron chi connectivity index (χ2n) is 6.45. The van der Waals surface area contributed by atoms with Gasteiger partial charge in [-0.15, -0.1) is 0 Å². The first-order chi connectivity index (χ1) is 10.6. The highest BCUT2D eigenvalue weighted by Crippen LogP contribution is 2.29. The summed E-state index contributed by atoms with van der Waals surface area (Å²) < 4.78 is 32.2. The van der Waals surface area contributed by atoms with Crippen molar-refractivity contribution in [2.45, 2.75) is 31.6 Å².